The third kappa shape index (κ3) is 3.30. The van der Waals surface area contributed by atoms with Gasteiger partial charge in [0.25, 0.3) is 0 Å². The van der Waals surface area contributed by atoms with Gasteiger partial charge in [-0.25, -0.2) is 0 Å². The number of hydrogen-bond donors (Lipinski definition) is 1. The van der Waals surface area contributed by atoms with Gasteiger partial charge in [0.1, 0.15) is 0 Å². The second-order valence-corrected chi connectivity index (χ2v) is 6.42. The summed E-state index contributed by atoms with van der Waals surface area (Å²) in [5.74, 6) is 1.54. The molecule has 3 rings (SSSR count). The van der Waals surface area contributed by atoms with Gasteiger partial charge < -0.3 is 9.84 Å². The van der Waals surface area contributed by atoms with Gasteiger partial charge in [-0.3, -0.25) is 0 Å². The molecule has 1 aliphatic carbocycles. The van der Waals surface area contributed by atoms with E-state index in [-0.39, 0.29) is 17.8 Å². The van der Waals surface area contributed by atoms with E-state index in [1.807, 2.05) is 13.1 Å². The van der Waals surface area contributed by atoms with Crippen LogP contribution in [0.15, 0.2) is 33.3 Å². The minimum Gasteiger partial charge on any atom is -0.338 e. The maximum atomic E-state index is 5.53. The molecule has 0 saturated heterocycles. The predicted molar refractivity (Wildman–Crippen MR) is 87.9 cm³/mol. The van der Waals surface area contributed by atoms with E-state index in [1.165, 1.54) is 5.56 Å². The summed E-state index contributed by atoms with van der Waals surface area (Å²) in [5, 5.41) is 7.31. The normalized spacial score (nSPS) is 17.1. The summed E-state index contributed by atoms with van der Waals surface area (Å²) in [7, 11) is 1.94. The third-order valence-electron chi connectivity index (χ3n) is 3.99. The molecule has 1 aromatic heterocycles. The molecule has 1 aromatic carbocycles. The molecule has 1 saturated carbocycles. The number of likely N-dealkylation sites (N-methyl/N-ethyl adjacent to an activating group) is 1. The molecular weight excluding hydrogens is 354 g/mol. The fourth-order valence-electron chi connectivity index (χ4n) is 2.44. The molecule has 6 heteroatoms. The summed E-state index contributed by atoms with van der Waals surface area (Å²) < 4.78 is 6.62. The molecule has 1 unspecified atom stereocenters. The average Bonchev–Trinajstić information content (AvgIpc) is 3.13. The lowest BCUT2D eigenvalue weighted by atomic mass is 9.96. The quantitative estimate of drug-likeness (QED) is 0.873. The van der Waals surface area contributed by atoms with Crippen molar-refractivity contribution in [2.24, 2.45) is 0 Å². The zero-order valence-corrected chi connectivity index (χ0v) is 14.5. The van der Waals surface area contributed by atoms with Crippen molar-refractivity contribution < 1.29 is 4.52 Å². The first-order valence-electron chi connectivity index (χ1n) is 6.90. The Labute approximate surface area is 139 Å². The maximum Gasteiger partial charge on any atom is 0.237 e. The van der Waals surface area contributed by atoms with Crippen LogP contribution < -0.4 is 5.32 Å². The summed E-state index contributed by atoms with van der Waals surface area (Å²) >= 11 is 3.53. The Hall–Kier alpha value is -0.910. The van der Waals surface area contributed by atoms with Gasteiger partial charge in [0.05, 0.1) is 5.41 Å². The number of aromatic nitrogens is 2. The summed E-state index contributed by atoms with van der Waals surface area (Å²) in [6.45, 7) is 2.11. The average molecular weight is 373 g/mol. The van der Waals surface area contributed by atoms with Crippen LogP contribution in [0.2, 0.25) is 0 Å². The van der Waals surface area contributed by atoms with E-state index in [1.54, 1.807) is 0 Å². The first-order chi connectivity index (χ1) is 9.64. The molecule has 1 fully saturated rings. The van der Waals surface area contributed by atoms with E-state index in [4.69, 9.17) is 4.52 Å². The van der Waals surface area contributed by atoms with E-state index >= 15 is 0 Å². The fourth-order valence-corrected chi connectivity index (χ4v) is 2.84. The van der Waals surface area contributed by atoms with Crippen molar-refractivity contribution in [3.8, 4) is 0 Å². The molecule has 0 spiro atoms. The zero-order chi connectivity index (χ0) is 14.2. The highest BCUT2D eigenvalue weighted by molar-refractivity contribution is 9.10. The molecule has 0 amide bonds. The van der Waals surface area contributed by atoms with Gasteiger partial charge in [-0.15, -0.1) is 12.4 Å². The van der Waals surface area contributed by atoms with Gasteiger partial charge in [-0.05, 0) is 44.5 Å². The highest BCUT2D eigenvalue weighted by Crippen LogP contribution is 2.53. The highest BCUT2D eigenvalue weighted by atomic mass is 79.9. The third-order valence-corrected chi connectivity index (χ3v) is 4.48. The Kier molecular flexibility index (Phi) is 5.07. The van der Waals surface area contributed by atoms with Crippen molar-refractivity contribution in [2.45, 2.75) is 37.6 Å². The van der Waals surface area contributed by atoms with Crippen LogP contribution in [0.4, 0.5) is 0 Å². The van der Waals surface area contributed by atoms with Crippen LogP contribution in [-0.4, -0.2) is 23.2 Å². The molecule has 114 valence electrons. The molecule has 1 atom stereocenters. The lowest BCUT2D eigenvalue weighted by Crippen LogP contribution is -2.24. The van der Waals surface area contributed by atoms with Crippen LogP contribution in [-0.2, 0) is 11.8 Å². The predicted octanol–water partition coefficient (Wildman–Crippen LogP) is 3.48. The molecule has 4 nitrogen and oxygen atoms in total. The van der Waals surface area contributed by atoms with Crippen LogP contribution in [0.5, 0.6) is 0 Å². The molecule has 1 heterocycles. The number of nitrogens with one attached hydrogen (secondary N) is 1. The Morgan fingerprint density at radius 1 is 1.43 bits per heavy atom. The number of halogens is 2. The molecule has 1 aliphatic rings. The van der Waals surface area contributed by atoms with Crippen LogP contribution in [0.3, 0.4) is 0 Å². The molecular formula is C15H19BrClN3O. The van der Waals surface area contributed by atoms with Gasteiger partial charge in [-0.2, -0.15) is 4.98 Å². The van der Waals surface area contributed by atoms with E-state index in [9.17, 15) is 0 Å². The van der Waals surface area contributed by atoms with Crippen LogP contribution in [0.25, 0.3) is 0 Å². The van der Waals surface area contributed by atoms with E-state index in [2.05, 4.69) is 56.5 Å². The van der Waals surface area contributed by atoms with Gasteiger partial charge >= 0.3 is 0 Å². The Bertz CT molecular complexity index is 612. The second kappa shape index (κ2) is 6.46. The van der Waals surface area contributed by atoms with Crippen molar-refractivity contribution in [3.63, 3.8) is 0 Å². The first-order valence-corrected chi connectivity index (χ1v) is 7.70. The Morgan fingerprint density at radius 2 is 2.19 bits per heavy atom. The molecule has 0 radical (unpaired) electrons. The SMILES string of the molecule is CNC(C)Cc1noc(C2(c3cccc(Br)c3)CC2)n1.Cl. The smallest absolute Gasteiger partial charge is 0.237 e. The molecule has 1 N–H and O–H groups in total. The van der Waals surface area contributed by atoms with Crippen molar-refractivity contribution in [2.75, 3.05) is 7.05 Å². The van der Waals surface area contributed by atoms with Crippen molar-refractivity contribution in [1.29, 1.82) is 0 Å². The Balaban J connectivity index is 0.00000161. The first kappa shape index (κ1) is 16.5. The lowest BCUT2D eigenvalue weighted by molar-refractivity contribution is 0.354. The summed E-state index contributed by atoms with van der Waals surface area (Å²) in [5.41, 5.74) is 1.20. The van der Waals surface area contributed by atoms with Crippen LogP contribution in [0.1, 0.15) is 37.0 Å². The summed E-state index contributed by atoms with van der Waals surface area (Å²) in [6.07, 6.45) is 2.94. The number of hydrogen-bond acceptors (Lipinski definition) is 4. The maximum absolute atomic E-state index is 5.53. The number of nitrogens with zero attached hydrogens (tertiary/aromatic N) is 2. The topological polar surface area (TPSA) is 51.0 Å². The number of rotatable bonds is 5. The number of benzene rings is 1. The largest absolute Gasteiger partial charge is 0.338 e. The van der Waals surface area contributed by atoms with E-state index in [0.29, 0.717) is 6.04 Å². The molecule has 2 aromatic rings. The van der Waals surface area contributed by atoms with Crippen LogP contribution in [0, 0.1) is 0 Å². The Morgan fingerprint density at radius 3 is 2.81 bits per heavy atom. The summed E-state index contributed by atoms with van der Waals surface area (Å²) in [4.78, 5) is 4.61. The molecule has 21 heavy (non-hydrogen) atoms. The van der Waals surface area contributed by atoms with Crippen molar-refractivity contribution >= 4 is 28.3 Å². The van der Waals surface area contributed by atoms with Gasteiger partial charge in [-0.1, -0.05) is 33.2 Å². The van der Waals surface area contributed by atoms with Crippen LogP contribution >= 0.6 is 28.3 Å². The van der Waals surface area contributed by atoms with Gasteiger partial charge in [0.15, 0.2) is 5.82 Å². The highest BCUT2D eigenvalue weighted by Gasteiger charge is 2.51. The van der Waals surface area contributed by atoms with E-state index in [0.717, 1.165) is 35.5 Å². The minimum atomic E-state index is -0.0576. The zero-order valence-electron chi connectivity index (χ0n) is 12.1. The van der Waals surface area contributed by atoms with Crippen molar-refractivity contribution in [1.82, 2.24) is 15.5 Å². The lowest BCUT2D eigenvalue weighted by Gasteiger charge is -2.10. The minimum absolute atomic E-state index is 0. The fraction of sp³-hybridized carbons (Fsp3) is 0.467. The standard InChI is InChI=1S/C15H18BrN3O.ClH/c1-10(17-2)8-13-18-14(20-19-13)15(6-7-15)11-4-3-5-12(16)9-11;/h3-5,9-10,17H,6-8H2,1-2H3;1H. The molecule has 0 aliphatic heterocycles. The van der Waals surface area contributed by atoms with Gasteiger partial charge in [0.2, 0.25) is 5.89 Å². The summed E-state index contributed by atoms with van der Waals surface area (Å²) in [6, 6.07) is 8.72. The van der Waals surface area contributed by atoms with Gasteiger partial charge in [0, 0.05) is 16.9 Å². The van der Waals surface area contributed by atoms with E-state index < -0.39 is 0 Å². The van der Waals surface area contributed by atoms with Crippen molar-refractivity contribution in [3.05, 3.63) is 46.0 Å². The second-order valence-electron chi connectivity index (χ2n) is 5.50. The molecule has 0 bridgehead atoms. The monoisotopic (exact) mass is 371 g/mol.